The molecule has 0 saturated heterocycles. The molecule has 0 atom stereocenters. The minimum absolute atomic E-state index is 0.255. The van der Waals surface area contributed by atoms with E-state index in [0.29, 0.717) is 11.3 Å². The summed E-state index contributed by atoms with van der Waals surface area (Å²) in [6, 6.07) is 9.38. The molecule has 0 radical (unpaired) electrons. The lowest BCUT2D eigenvalue weighted by Gasteiger charge is -2.14. The number of thiazole rings is 1. The first-order chi connectivity index (χ1) is 11.4. The van der Waals surface area contributed by atoms with Crippen LogP contribution in [0.1, 0.15) is 0 Å². The molecule has 0 bridgehead atoms. The third-order valence-corrected chi connectivity index (χ3v) is 4.11. The van der Waals surface area contributed by atoms with Gasteiger partial charge in [0.1, 0.15) is 5.75 Å². The highest BCUT2D eigenvalue weighted by Gasteiger charge is 2.31. The van der Waals surface area contributed by atoms with Crippen molar-refractivity contribution < 1.29 is 17.9 Å². The van der Waals surface area contributed by atoms with Crippen molar-refractivity contribution in [1.82, 2.24) is 9.97 Å². The number of anilines is 2. The predicted octanol–water partition coefficient (Wildman–Crippen LogP) is 4.87. The summed E-state index contributed by atoms with van der Waals surface area (Å²) in [5.74, 6) is -0.255. The van der Waals surface area contributed by atoms with Gasteiger partial charge in [0.15, 0.2) is 5.13 Å². The molecular weight excluding hydrogens is 339 g/mol. The van der Waals surface area contributed by atoms with Crippen molar-refractivity contribution in [2.24, 2.45) is 0 Å². The number of rotatable bonds is 4. The van der Waals surface area contributed by atoms with Crippen LogP contribution in [-0.2, 0) is 0 Å². The summed E-state index contributed by atoms with van der Waals surface area (Å²) in [5.41, 5.74) is 2.29. The fraction of sp³-hybridized carbons (Fsp3) is 0.125. The van der Waals surface area contributed by atoms with Crippen molar-refractivity contribution in [2.75, 3.05) is 11.9 Å². The van der Waals surface area contributed by atoms with Gasteiger partial charge in [-0.25, -0.2) is 4.98 Å². The molecule has 0 N–H and O–H groups in total. The van der Waals surface area contributed by atoms with Crippen molar-refractivity contribution >= 4 is 22.2 Å². The number of pyridine rings is 1. The zero-order valence-corrected chi connectivity index (χ0v) is 13.3. The van der Waals surface area contributed by atoms with E-state index in [1.54, 1.807) is 24.5 Å². The second kappa shape index (κ2) is 6.48. The lowest BCUT2D eigenvalue weighted by molar-refractivity contribution is -0.274. The Balaban J connectivity index is 1.78. The molecule has 1 aromatic carbocycles. The van der Waals surface area contributed by atoms with Gasteiger partial charge in [-0.3, -0.25) is 4.98 Å². The van der Waals surface area contributed by atoms with Gasteiger partial charge in [0.25, 0.3) is 0 Å². The minimum Gasteiger partial charge on any atom is -0.406 e. The van der Waals surface area contributed by atoms with Crippen LogP contribution in [0.4, 0.5) is 24.0 Å². The van der Waals surface area contributed by atoms with Crippen LogP contribution in [0.15, 0.2) is 54.2 Å². The number of hydrogen-bond acceptors (Lipinski definition) is 5. The fourth-order valence-electron chi connectivity index (χ4n) is 2.04. The van der Waals surface area contributed by atoms with E-state index in [4.69, 9.17) is 0 Å². The first kappa shape index (κ1) is 16.3. The molecule has 8 heteroatoms. The summed E-state index contributed by atoms with van der Waals surface area (Å²) in [5, 5.41) is 2.61. The lowest BCUT2D eigenvalue weighted by atomic mass is 10.2. The normalized spacial score (nSPS) is 11.3. The van der Waals surface area contributed by atoms with E-state index in [1.165, 1.54) is 23.5 Å². The predicted molar refractivity (Wildman–Crippen MR) is 86.5 cm³/mol. The summed E-state index contributed by atoms with van der Waals surface area (Å²) in [6.07, 6.45) is -1.28. The standard InChI is InChI=1S/C16H12F3N3OS/c1-22(12-3-2-8-20-9-12)15-21-14(10-24-15)11-4-6-13(7-5-11)23-16(17,18)19/h2-10H,1H3. The molecular formula is C16H12F3N3OS. The molecule has 3 aromatic rings. The molecule has 0 unspecified atom stereocenters. The maximum absolute atomic E-state index is 12.2. The molecule has 3 rings (SSSR count). The molecule has 0 spiro atoms. The maximum atomic E-state index is 12.2. The summed E-state index contributed by atoms with van der Waals surface area (Å²) in [6.45, 7) is 0. The molecule has 4 nitrogen and oxygen atoms in total. The van der Waals surface area contributed by atoms with E-state index in [0.717, 1.165) is 10.8 Å². The average Bonchev–Trinajstić information content (AvgIpc) is 3.04. The van der Waals surface area contributed by atoms with Crippen LogP contribution < -0.4 is 9.64 Å². The third-order valence-electron chi connectivity index (χ3n) is 3.20. The molecule has 0 aliphatic rings. The van der Waals surface area contributed by atoms with Gasteiger partial charge in [-0.2, -0.15) is 0 Å². The van der Waals surface area contributed by atoms with Crippen molar-refractivity contribution in [3.63, 3.8) is 0 Å². The number of nitrogens with zero attached hydrogens (tertiary/aromatic N) is 3. The van der Waals surface area contributed by atoms with Crippen molar-refractivity contribution in [3.8, 4) is 17.0 Å². The number of hydrogen-bond donors (Lipinski definition) is 0. The van der Waals surface area contributed by atoms with Crippen molar-refractivity contribution in [3.05, 3.63) is 54.2 Å². The second-order valence-corrected chi connectivity index (χ2v) is 5.69. The van der Waals surface area contributed by atoms with E-state index in [9.17, 15) is 13.2 Å². The zero-order valence-electron chi connectivity index (χ0n) is 12.5. The molecule has 2 aromatic heterocycles. The minimum atomic E-state index is -4.69. The quantitative estimate of drug-likeness (QED) is 0.672. The Morgan fingerprint density at radius 3 is 2.50 bits per heavy atom. The molecule has 124 valence electrons. The lowest BCUT2D eigenvalue weighted by Crippen LogP contribution is -2.16. The molecule has 0 aliphatic heterocycles. The summed E-state index contributed by atoms with van der Waals surface area (Å²) < 4.78 is 40.4. The van der Waals surface area contributed by atoms with Crippen LogP contribution in [0, 0.1) is 0 Å². The maximum Gasteiger partial charge on any atom is 0.573 e. The van der Waals surface area contributed by atoms with Crippen LogP contribution in [-0.4, -0.2) is 23.4 Å². The first-order valence-corrected chi connectivity index (χ1v) is 7.76. The Morgan fingerprint density at radius 1 is 1.12 bits per heavy atom. The zero-order chi connectivity index (χ0) is 17.2. The van der Waals surface area contributed by atoms with Gasteiger partial charge in [0, 0.05) is 24.2 Å². The number of benzene rings is 1. The third kappa shape index (κ3) is 3.83. The van der Waals surface area contributed by atoms with Crippen LogP contribution in [0.3, 0.4) is 0 Å². The molecule has 24 heavy (non-hydrogen) atoms. The van der Waals surface area contributed by atoms with E-state index in [1.807, 2.05) is 29.5 Å². The van der Waals surface area contributed by atoms with E-state index >= 15 is 0 Å². The molecule has 0 fully saturated rings. The Bertz CT molecular complexity index is 803. The van der Waals surface area contributed by atoms with E-state index in [-0.39, 0.29) is 5.75 Å². The van der Waals surface area contributed by atoms with E-state index in [2.05, 4.69) is 14.7 Å². The molecule has 0 aliphatic carbocycles. The highest BCUT2D eigenvalue weighted by Crippen LogP contribution is 2.32. The highest BCUT2D eigenvalue weighted by atomic mass is 32.1. The Kier molecular flexibility index (Phi) is 4.39. The molecule has 0 saturated carbocycles. The van der Waals surface area contributed by atoms with Crippen LogP contribution >= 0.6 is 11.3 Å². The largest absolute Gasteiger partial charge is 0.573 e. The van der Waals surface area contributed by atoms with Crippen LogP contribution in [0.2, 0.25) is 0 Å². The van der Waals surface area contributed by atoms with Gasteiger partial charge in [-0.05, 0) is 36.4 Å². The second-order valence-electron chi connectivity index (χ2n) is 4.86. The van der Waals surface area contributed by atoms with E-state index < -0.39 is 6.36 Å². The van der Waals surface area contributed by atoms with Gasteiger partial charge in [0.05, 0.1) is 17.6 Å². The smallest absolute Gasteiger partial charge is 0.406 e. The number of halogens is 3. The number of aromatic nitrogens is 2. The Hall–Kier alpha value is -2.61. The van der Waals surface area contributed by atoms with Crippen molar-refractivity contribution in [1.29, 1.82) is 0 Å². The number of alkyl halides is 3. The van der Waals surface area contributed by atoms with Gasteiger partial charge in [0.2, 0.25) is 0 Å². The monoisotopic (exact) mass is 351 g/mol. The molecule has 2 heterocycles. The first-order valence-electron chi connectivity index (χ1n) is 6.88. The van der Waals surface area contributed by atoms with Gasteiger partial charge in [-0.1, -0.05) is 0 Å². The topological polar surface area (TPSA) is 38.2 Å². The Labute approximate surface area is 140 Å². The van der Waals surface area contributed by atoms with Gasteiger partial charge in [-0.15, -0.1) is 24.5 Å². The highest BCUT2D eigenvalue weighted by molar-refractivity contribution is 7.14. The SMILES string of the molecule is CN(c1cccnc1)c1nc(-c2ccc(OC(F)(F)F)cc2)cs1. The van der Waals surface area contributed by atoms with Crippen LogP contribution in [0.25, 0.3) is 11.3 Å². The summed E-state index contributed by atoms with van der Waals surface area (Å²) >= 11 is 1.44. The van der Waals surface area contributed by atoms with Gasteiger partial charge >= 0.3 is 6.36 Å². The fourth-order valence-corrected chi connectivity index (χ4v) is 2.86. The number of ether oxygens (including phenoxy) is 1. The Morgan fingerprint density at radius 2 is 1.88 bits per heavy atom. The van der Waals surface area contributed by atoms with Crippen molar-refractivity contribution in [2.45, 2.75) is 6.36 Å². The molecule has 0 amide bonds. The van der Waals surface area contributed by atoms with Crippen LogP contribution in [0.5, 0.6) is 5.75 Å². The summed E-state index contributed by atoms with van der Waals surface area (Å²) in [4.78, 5) is 10.5. The summed E-state index contributed by atoms with van der Waals surface area (Å²) in [7, 11) is 1.87. The van der Waals surface area contributed by atoms with Gasteiger partial charge < -0.3 is 9.64 Å². The average molecular weight is 351 g/mol.